The number of rotatable bonds is 8. The van der Waals surface area contributed by atoms with E-state index in [1.165, 1.54) is 0 Å². The predicted molar refractivity (Wildman–Crippen MR) is 88.7 cm³/mol. The van der Waals surface area contributed by atoms with Gasteiger partial charge in [-0.25, -0.2) is 0 Å². The Balaban J connectivity index is 2.11. The van der Waals surface area contributed by atoms with Crippen molar-refractivity contribution in [2.24, 2.45) is 0 Å². The Morgan fingerprint density at radius 3 is 2.67 bits per heavy atom. The SMILES string of the molecule is CC(C)NC(CO)(CCSc1nncs1)c1ccccc1. The monoisotopic (exact) mass is 323 g/mol. The first-order valence-corrected chi connectivity index (χ1v) is 8.86. The van der Waals surface area contributed by atoms with Crippen molar-refractivity contribution in [3.8, 4) is 0 Å². The van der Waals surface area contributed by atoms with Crippen LogP contribution >= 0.6 is 23.1 Å². The molecule has 1 heterocycles. The molecule has 1 unspecified atom stereocenters. The Hall–Kier alpha value is -0.950. The van der Waals surface area contributed by atoms with E-state index < -0.39 is 5.54 Å². The molecule has 2 aromatic rings. The quantitative estimate of drug-likeness (QED) is 0.732. The van der Waals surface area contributed by atoms with E-state index in [1.54, 1.807) is 28.6 Å². The summed E-state index contributed by atoms with van der Waals surface area (Å²) in [5, 5.41) is 21.5. The second kappa shape index (κ2) is 7.89. The second-order valence-electron chi connectivity index (χ2n) is 5.21. The van der Waals surface area contributed by atoms with Gasteiger partial charge in [-0.3, -0.25) is 0 Å². The zero-order chi connectivity index (χ0) is 15.1. The van der Waals surface area contributed by atoms with E-state index in [4.69, 9.17) is 0 Å². The first-order chi connectivity index (χ1) is 10.2. The van der Waals surface area contributed by atoms with Crippen molar-refractivity contribution >= 4 is 23.1 Å². The van der Waals surface area contributed by atoms with Gasteiger partial charge in [0.1, 0.15) is 5.51 Å². The van der Waals surface area contributed by atoms with Gasteiger partial charge < -0.3 is 10.4 Å². The van der Waals surface area contributed by atoms with Crippen molar-refractivity contribution in [3.05, 3.63) is 41.4 Å². The number of aromatic nitrogens is 2. The number of hydrogen-bond acceptors (Lipinski definition) is 6. The van der Waals surface area contributed by atoms with Crippen LogP contribution in [0.1, 0.15) is 25.8 Å². The van der Waals surface area contributed by atoms with E-state index >= 15 is 0 Å². The lowest BCUT2D eigenvalue weighted by Crippen LogP contribution is -2.49. The lowest BCUT2D eigenvalue weighted by molar-refractivity contribution is 0.147. The summed E-state index contributed by atoms with van der Waals surface area (Å²) in [4.78, 5) is 0. The molecular weight excluding hydrogens is 302 g/mol. The summed E-state index contributed by atoms with van der Waals surface area (Å²) < 4.78 is 0.972. The Morgan fingerprint density at radius 1 is 1.33 bits per heavy atom. The normalized spacial score (nSPS) is 14.3. The second-order valence-corrected chi connectivity index (χ2v) is 7.38. The molecule has 0 saturated heterocycles. The van der Waals surface area contributed by atoms with Crippen molar-refractivity contribution in [1.82, 2.24) is 15.5 Å². The highest BCUT2D eigenvalue weighted by Crippen LogP contribution is 2.29. The molecule has 1 aromatic carbocycles. The average Bonchev–Trinajstić information content (AvgIpc) is 3.00. The number of aliphatic hydroxyl groups excluding tert-OH is 1. The molecule has 6 heteroatoms. The molecule has 0 amide bonds. The minimum absolute atomic E-state index is 0.0753. The van der Waals surface area contributed by atoms with Crippen molar-refractivity contribution in [2.75, 3.05) is 12.4 Å². The number of nitrogens with one attached hydrogen (secondary N) is 1. The molecule has 1 aromatic heterocycles. The molecule has 0 radical (unpaired) electrons. The van der Waals surface area contributed by atoms with Gasteiger partial charge in [0, 0.05) is 11.8 Å². The van der Waals surface area contributed by atoms with Crippen molar-refractivity contribution in [3.63, 3.8) is 0 Å². The van der Waals surface area contributed by atoms with Gasteiger partial charge in [0.2, 0.25) is 0 Å². The summed E-state index contributed by atoms with van der Waals surface area (Å²) in [6, 6.07) is 10.5. The van der Waals surface area contributed by atoms with Crippen LogP contribution in [0.2, 0.25) is 0 Å². The molecule has 0 aliphatic heterocycles. The van der Waals surface area contributed by atoms with E-state index in [9.17, 15) is 5.11 Å². The molecule has 114 valence electrons. The van der Waals surface area contributed by atoms with E-state index in [0.717, 1.165) is 22.1 Å². The molecule has 0 aliphatic carbocycles. The fourth-order valence-electron chi connectivity index (χ4n) is 2.36. The third-order valence-corrected chi connectivity index (χ3v) is 5.12. The van der Waals surface area contributed by atoms with Crippen LogP contribution < -0.4 is 5.32 Å². The smallest absolute Gasteiger partial charge is 0.174 e. The standard InChI is InChI=1S/C15H21N3OS2/c1-12(2)17-15(10-19,13-6-4-3-5-7-13)8-9-20-14-18-16-11-21-14/h3-7,11-12,17,19H,8-10H2,1-2H3. The lowest BCUT2D eigenvalue weighted by Gasteiger charge is -2.35. The zero-order valence-electron chi connectivity index (χ0n) is 12.3. The van der Waals surface area contributed by atoms with E-state index in [2.05, 4.69) is 41.5 Å². The van der Waals surface area contributed by atoms with Crippen molar-refractivity contribution in [2.45, 2.75) is 36.2 Å². The lowest BCUT2D eigenvalue weighted by atomic mass is 9.87. The van der Waals surface area contributed by atoms with Crippen LogP contribution in [0.15, 0.2) is 40.2 Å². The highest BCUT2D eigenvalue weighted by molar-refractivity contribution is 8.00. The minimum atomic E-state index is -0.410. The van der Waals surface area contributed by atoms with Gasteiger partial charge >= 0.3 is 0 Å². The first-order valence-electron chi connectivity index (χ1n) is 6.99. The van der Waals surface area contributed by atoms with Gasteiger partial charge in [-0.2, -0.15) is 0 Å². The molecule has 4 nitrogen and oxygen atoms in total. The zero-order valence-corrected chi connectivity index (χ0v) is 14.0. The molecule has 0 aliphatic rings. The number of hydrogen-bond donors (Lipinski definition) is 2. The molecule has 2 N–H and O–H groups in total. The van der Waals surface area contributed by atoms with E-state index in [0.29, 0.717) is 6.04 Å². The third kappa shape index (κ3) is 4.51. The average molecular weight is 323 g/mol. The van der Waals surface area contributed by atoms with Gasteiger partial charge in [0.15, 0.2) is 4.34 Å². The van der Waals surface area contributed by atoms with E-state index in [-0.39, 0.29) is 6.61 Å². The van der Waals surface area contributed by atoms with Crippen LogP contribution in [0.5, 0.6) is 0 Å². The van der Waals surface area contributed by atoms with Crippen LogP contribution in [0.25, 0.3) is 0 Å². The number of benzene rings is 1. The summed E-state index contributed by atoms with van der Waals surface area (Å²) in [7, 11) is 0. The summed E-state index contributed by atoms with van der Waals surface area (Å²) in [6.07, 6.45) is 0.829. The van der Waals surface area contributed by atoms with Crippen LogP contribution in [0, 0.1) is 0 Å². The molecule has 0 bridgehead atoms. The largest absolute Gasteiger partial charge is 0.394 e. The topological polar surface area (TPSA) is 58.0 Å². The fraction of sp³-hybridized carbons (Fsp3) is 0.467. The maximum atomic E-state index is 10.0. The Morgan fingerprint density at radius 2 is 2.10 bits per heavy atom. The Kier molecular flexibility index (Phi) is 6.17. The van der Waals surface area contributed by atoms with E-state index in [1.807, 2.05) is 18.2 Å². The minimum Gasteiger partial charge on any atom is -0.394 e. The molecule has 2 rings (SSSR count). The van der Waals surface area contributed by atoms with Crippen molar-refractivity contribution < 1.29 is 5.11 Å². The molecule has 0 fully saturated rings. The van der Waals surface area contributed by atoms with Crippen LogP contribution in [-0.4, -0.2) is 33.7 Å². The molecule has 0 spiro atoms. The highest BCUT2D eigenvalue weighted by atomic mass is 32.2. The third-order valence-electron chi connectivity index (χ3n) is 3.26. The summed E-state index contributed by atoms with van der Waals surface area (Å²) >= 11 is 3.23. The number of nitrogens with zero attached hydrogens (tertiary/aromatic N) is 2. The van der Waals surface area contributed by atoms with Gasteiger partial charge in [-0.05, 0) is 25.8 Å². The maximum Gasteiger partial charge on any atom is 0.174 e. The summed E-state index contributed by atoms with van der Waals surface area (Å²) in [5.41, 5.74) is 2.46. The highest BCUT2D eigenvalue weighted by Gasteiger charge is 2.31. The van der Waals surface area contributed by atoms with Gasteiger partial charge in [-0.15, -0.1) is 10.2 Å². The molecule has 1 atom stereocenters. The van der Waals surface area contributed by atoms with Crippen LogP contribution in [0.3, 0.4) is 0 Å². The molecular formula is C15H21N3OS2. The molecule has 21 heavy (non-hydrogen) atoms. The maximum absolute atomic E-state index is 10.0. The van der Waals surface area contributed by atoms with Gasteiger partial charge in [0.05, 0.1) is 12.1 Å². The summed E-state index contributed by atoms with van der Waals surface area (Å²) in [5.74, 6) is 0.879. The van der Waals surface area contributed by atoms with Crippen molar-refractivity contribution in [1.29, 1.82) is 0 Å². The van der Waals surface area contributed by atoms with Crippen LogP contribution in [0.4, 0.5) is 0 Å². The molecule has 0 saturated carbocycles. The Labute approximate surface area is 134 Å². The van der Waals surface area contributed by atoms with Crippen LogP contribution in [-0.2, 0) is 5.54 Å². The number of aliphatic hydroxyl groups is 1. The summed E-state index contributed by atoms with van der Waals surface area (Å²) in [6.45, 7) is 4.28. The Bertz CT molecular complexity index is 519. The van der Waals surface area contributed by atoms with Gasteiger partial charge in [0.25, 0.3) is 0 Å². The fourth-order valence-corrected chi connectivity index (χ4v) is 4.02. The predicted octanol–water partition coefficient (Wildman–Crippen LogP) is 2.91. The van der Waals surface area contributed by atoms with Gasteiger partial charge in [-0.1, -0.05) is 53.4 Å². The first kappa shape index (κ1) is 16.4. The number of thioether (sulfide) groups is 1.